The minimum atomic E-state index is -0.468. The van der Waals surface area contributed by atoms with Crippen molar-refractivity contribution >= 4 is 36.0 Å². The van der Waals surface area contributed by atoms with Gasteiger partial charge in [0.25, 0.3) is 0 Å². The van der Waals surface area contributed by atoms with E-state index in [4.69, 9.17) is 4.74 Å². The zero-order chi connectivity index (χ0) is 20.0. The molecule has 0 aromatic carbocycles. The quantitative estimate of drug-likeness (QED) is 0.327. The fourth-order valence-corrected chi connectivity index (χ4v) is 3.34. The Morgan fingerprint density at radius 2 is 1.86 bits per heavy atom. The molecule has 1 aliphatic carbocycles. The Morgan fingerprint density at radius 3 is 2.36 bits per heavy atom. The van der Waals surface area contributed by atoms with E-state index in [9.17, 15) is 4.79 Å². The number of aliphatic imine (C=N–C) groups is 1. The average Bonchev–Trinajstić information content (AvgIpc) is 3.44. The Kier molecular flexibility index (Phi) is 10.3. The summed E-state index contributed by atoms with van der Waals surface area (Å²) in [7, 11) is 3.60. The first-order valence-electron chi connectivity index (χ1n) is 10.4. The molecule has 7 nitrogen and oxygen atoms in total. The molecule has 0 spiro atoms. The Bertz CT molecular complexity index is 511. The van der Waals surface area contributed by atoms with Crippen molar-refractivity contribution in [1.29, 1.82) is 0 Å². The first-order valence-corrected chi connectivity index (χ1v) is 10.4. The highest BCUT2D eigenvalue weighted by molar-refractivity contribution is 14.0. The van der Waals surface area contributed by atoms with Crippen molar-refractivity contribution in [2.45, 2.75) is 83.5 Å². The smallest absolute Gasteiger partial charge is 0.410 e. The Labute approximate surface area is 188 Å². The monoisotopic (exact) mass is 509 g/mol. The van der Waals surface area contributed by atoms with Gasteiger partial charge < -0.3 is 25.2 Å². The summed E-state index contributed by atoms with van der Waals surface area (Å²) >= 11 is 0. The second kappa shape index (κ2) is 11.4. The molecule has 2 N–H and O–H groups in total. The molecule has 1 heterocycles. The van der Waals surface area contributed by atoms with Gasteiger partial charge in [0.15, 0.2) is 5.96 Å². The van der Waals surface area contributed by atoms with Crippen LogP contribution in [0.15, 0.2) is 4.99 Å². The summed E-state index contributed by atoms with van der Waals surface area (Å²) in [5.74, 6) is 0.854. The maximum absolute atomic E-state index is 12.1. The molecule has 164 valence electrons. The van der Waals surface area contributed by atoms with Crippen LogP contribution >= 0.6 is 24.0 Å². The van der Waals surface area contributed by atoms with Gasteiger partial charge in [-0.05, 0) is 59.8 Å². The lowest BCUT2D eigenvalue weighted by atomic mass is 10.1. The van der Waals surface area contributed by atoms with E-state index in [2.05, 4.69) is 20.5 Å². The van der Waals surface area contributed by atoms with Crippen LogP contribution in [-0.2, 0) is 4.74 Å². The average molecular weight is 509 g/mol. The van der Waals surface area contributed by atoms with Crippen molar-refractivity contribution in [1.82, 2.24) is 20.4 Å². The van der Waals surface area contributed by atoms with Crippen LogP contribution in [0.25, 0.3) is 0 Å². The summed E-state index contributed by atoms with van der Waals surface area (Å²) in [5.41, 5.74) is -0.468. The number of piperidine rings is 1. The molecule has 28 heavy (non-hydrogen) atoms. The predicted octanol–water partition coefficient (Wildman–Crippen LogP) is 3.04. The van der Waals surface area contributed by atoms with Crippen LogP contribution in [0.5, 0.6) is 0 Å². The van der Waals surface area contributed by atoms with Crippen molar-refractivity contribution < 1.29 is 9.53 Å². The second-order valence-electron chi connectivity index (χ2n) is 8.91. The van der Waals surface area contributed by atoms with Crippen LogP contribution < -0.4 is 10.6 Å². The number of carbonyl (C=O) groups is 1. The van der Waals surface area contributed by atoms with Gasteiger partial charge in [-0.1, -0.05) is 0 Å². The molecule has 1 saturated carbocycles. The topological polar surface area (TPSA) is 69.2 Å². The zero-order valence-corrected chi connectivity index (χ0v) is 20.8. The molecule has 8 heteroatoms. The molecule has 1 amide bonds. The molecule has 1 unspecified atom stereocenters. The first kappa shape index (κ1) is 25.3. The summed E-state index contributed by atoms with van der Waals surface area (Å²) in [4.78, 5) is 20.8. The van der Waals surface area contributed by atoms with E-state index >= 15 is 0 Å². The Hall–Kier alpha value is -0.770. The third kappa shape index (κ3) is 8.71. The van der Waals surface area contributed by atoms with Gasteiger partial charge in [-0.3, -0.25) is 4.99 Å². The summed E-state index contributed by atoms with van der Waals surface area (Å²) in [6.45, 7) is 10.8. The van der Waals surface area contributed by atoms with Gasteiger partial charge in [0.2, 0.25) is 0 Å². The molecule has 2 aliphatic rings. The number of ether oxygens (including phenoxy) is 1. The van der Waals surface area contributed by atoms with Gasteiger partial charge in [-0.2, -0.15) is 0 Å². The highest BCUT2D eigenvalue weighted by atomic mass is 127. The predicted molar refractivity (Wildman–Crippen MR) is 126 cm³/mol. The van der Waals surface area contributed by atoms with E-state index in [0.29, 0.717) is 6.04 Å². The molecule has 0 bridgehead atoms. The van der Waals surface area contributed by atoms with Crippen molar-refractivity contribution in [2.75, 3.05) is 33.7 Å². The van der Waals surface area contributed by atoms with E-state index in [0.717, 1.165) is 25.0 Å². The zero-order valence-electron chi connectivity index (χ0n) is 18.5. The van der Waals surface area contributed by atoms with Crippen molar-refractivity contribution in [3.05, 3.63) is 0 Å². The molecular weight excluding hydrogens is 469 g/mol. The van der Waals surface area contributed by atoms with Gasteiger partial charge in [0, 0.05) is 51.9 Å². The van der Waals surface area contributed by atoms with Crippen LogP contribution in [0.2, 0.25) is 0 Å². The highest BCUT2D eigenvalue weighted by Gasteiger charge is 2.32. The van der Waals surface area contributed by atoms with Crippen molar-refractivity contribution in [3.8, 4) is 0 Å². The number of rotatable bonds is 6. The Morgan fingerprint density at radius 1 is 1.25 bits per heavy atom. The van der Waals surface area contributed by atoms with Crippen LogP contribution in [-0.4, -0.2) is 79.3 Å². The number of halogens is 1. The van der Waals surface area contributed by atoms with Crippen molar-refractivity contribution in [2.24, 2.45) is 4.99 Å². The van der Waals surface area contributed by atoms with E-state index < -0.39 is 5.60 Å². The standard InChI is InChI=1S/C20H39N5O2.HI/c1-15(24(6)19(26)27-20(2,3)4)9-12-22-18(21-5)23-16-10-13-25(14-11-16)17-7-8-17;/h15-17H,7-14H2,1-6H3,(H2,21,22,23);1H. The van der Waals surface area contributed by atoms with Gasteiger partial charge in [-0.25, -0.2) is 4.79 Å². The third-order valence-electron chi connectivity index (χ3n) is 5.35. The molecule has 2 rings (SSSR count). The highest BCUT2D eigenvalue weighted by Crippen LogP contribution is 2.29. The summed E-state index contributed by atoms with van der Waals surface area (Å²) in [6.07, 6.45) is 5.68. The first-order chi connectivity index (χ1) is 12.7. The molecule has 0 aromatic heterocycles. The number of nitrogens with zero attached hydrogens (tertiary/aromatic N) is 3. The number of carbonyl (C=O) groups excluding carboxylic acids is 1. The summed E-state index contributed by atoms with van der Waals surface area (Å²) in [5, 5.41) is 6.93. The SMILES string of the molecule is CN=C(NCCC(C)N(C)C(=O)OC(C)(C)C)NC1CCN(C2CC2)CC1.I. The molecule has 1 atom stereocenters. The Balaban J connectivity index is 0.00000392. The fourth-order valence-electron chi connectivity index (χ4n) is 3.34. The van der Waals surface area contributed by atoms with Gasteiger partial charge in [-0.15, -0.1) is 24.0 Å². The maximum Gasteiger partial charge on any atom is 0.410 e. The number of likely N-dealkylation sites (tertiary alicyclic amines) is 1. The van der Waals surface area contributed by atoms with E-state index in [-0.39, 0.29) is 36.1 Å². The minimum absolute atomic E-state index is 0. The molecular formula is C20H40IN5O2. The molecule has 1 saturated heterocycles. The van der Waals surface area contributed by atoms with Gasteiger partial charge in [0.05, 0.1) is 0 Å². The lowest BCUT2D eigenvalue weighted by Gasteiger charge is -2.33. The van der Waals surface area contributed by atoms with E-state index in [1.807, 2.05) is 34.7 Å². The van der Waals surface area contributed by atoms with Crippen LogP contribution in [0, 0.1) is 0 Å². The van der Waals surface area contributed by atoms with Gasteiger partial charge in [0.1, 0.15) is 5.60 Å². The summed E-state index contributed by atoms with van der Waals surface area (Å²) in [6, 6.07) is 1.45. The van der Waals surface area contributed by atoms with E-state index in [1.165, 1.54) is 38.8 Å². The second-order valence-corrected chi connectivity index (χ2v) is 8.91. The third-order valence-corrected chi connectivity index (χ3v) is 5.35. The number of guanidine groups is 1. The number of hydrogen-bond acceptors (Lipinski definition) is 4. The summed E-state index contributed by atoms with van der Waals surface area (Å²) < 4.78 is 5.43. The van der Waals surface area contributed by atoms with E-state index in [1.54, 1.807) is 11.9 Å². The number of hydrogen-bond donors (Lipinski definition) is 2. The van der Waals surface area contributed by atoms with Gasteiger partial charge >= 0.3 is 6.09 Å². The van der Waals surface area contributed by atoms with Crippen LogP contribution in [0.3, 0.4) is 0 Å². The normalized spacial score (nSPS) is 20.1. The molecule has 1 aliphatic heterocycles. The molecule has 0 radical (unpaired) electrons. The largest absolute Gasteiger partial charge is 0.444 e. The number of nitrogens with one attached hydrogen (secondary N) is 2. The maximum atomic E-state index is 12.1. The minimum Gasteiger partial charge on any atom is -0.444 e. The van der Waals surface area contributed by atoms with Crippen LogP contribution in [0.1, 0.15) is 59.8 Å². The molecule has 0 aromatic rings. The fraction of sp³-hybridized carbons (Fsp3) is 0.900. The van der Waals surface area contributed by atoms with Crippen LogP contribution in [0.4, 0.5) is 4.79 Å². The van der Waals surface area contributed by atoms with Crippen molar-refractivity contribution in [3.63, 3.8) is 0 Å². The lowest BCUT2D eigenvalue weighted by Crippen LogP contribution is -2.49. The molecule has 2 fully saturated rings. The number of amides is 1. The lowest BCUT2D eigenvalue weighted by molar-refractivity contribution is 0.0230.